The van der Waals surface area contributed by atoms with Crippen molar-refractivity contribution in [2.45, 2.75) is 58.1 Å². The molecule has 0 saturated heterocycles. The van der Waals surface area contributed by atoms with E-state index in [-0.39, 0.29) is 18.1 Å². The van der Waals surface area contributed by atoms with Gasteiger partial charge in [0, 0.05) is 12.6 Å². The molecule has 1 amide bonds. The van der Waals surface area contributed by atoms with Crippen molar-refractivity contribution in [1.29, 1.82) is 0 Å². The third-order valence-corrected chi connectivity index (χ3v) is 4.71. The zero-order valence-electron chi connectivity index (χ0n) is 13.5. The predicted octanol–water partition coefficient (Wildman–Crippen LogP) is 3.40. The molecule has 1 heterocycles. The van der Waals surface area contributed by atoms with Crippen LogP contribution in [0.5, 0.6) is 5.75 Å². The Kier molecular flexibility index (Phi) is 4.39. The van der Waals surface area contributed by atoms with E-state index in [1.807, 2.05) is 17.9 Å². The number of rotatable bonds is 6. The van der Waals surface area contributed by atoms with Crippen LogP contribution in [0.4, 0.5) is 5.69 Å². The van der Waals surface area contributed by atoms with Crippen molar-refractivity contribution in [3.05, 3.63) is 23.8 Å². The summed E-state index contributed by atoms with van der Waals surface area (Å²) < 4.78 is 5.88. The van der Waals surface area contributed by atoms with Crippen LogP contribution in [0.2, 0.25) is 0 Å². The van der Waals surface area contributed by atoms with E-state index in [0.29, 0.717) is 12.3 Å². The number of hydrogen-bond donors (Lipinski definition) is 1. The second-order valence-electron chi connectivity index (χ2n) is 6.45. The Balaban J connectivity index is 1.92. The van der Waals surface area contributed by atoms with E-state index in [2.05, 4.69) is 19.1 Å². The molecular formula is C18H26N2O2. The molecule has 0 aromatic heterocycles. The highest BCUT2D eigenvalue weighted by Gasteiger charge is 2.35. The smallest absolute Gasteiger partial charge is 0.268 e. The topological polar surface area (TPSA) is 55.6 Å². The SMILES string of the molecule is CCCCN1C(=O)C(CC)Oc2ccc(C(N)C3CC3)cc21. The summed E-state index contributed by atoms with van der Waals surface area (Å²) >= 11 is 0. The van der Waals surface area contributed by atoms with Crippen LogP contribution in [0.3, 0.4) is 0 Å². The molecule has 22 heavy (non-hydrogen) atoms. The van der Waals surface area contributed by atoms with Crippen LogP contribution < -0.4 is 15.4 Å². The Labute approximate surface area is 132 Å². The summed E-state index contributed by atoms with van der Waals surface area (Å²) in [6.45, 7) is 4.88. The Morgan fingerprint density at radius 3 is 2.77 bits per heavy atom. The lowest BCUT2D eigenvalue weighted by molar-refractivity contribution is -0.126. The predicted molar refractivity (Wildman–Crippen MR) is 88.1 cm³/mol. The van der Waals surface area contributed by atoms with Crippen LogP contribution in [0.1, 0.15) is 57.6 Å². The summed E-state index contributed by atoms with van der Waals surface area (Å²) in [5.74, 6) is 1.50. The summed E-state index contributed by atoms with van der Waals surface area (Å²) in [6, 6.07) is 6.19. The molecule has 2 N–H and O–H groups in total. The summed E-state index contributed by atoms with van der Waals surface area (Å²) in [4.78, 5) is 14.5. The maximum Gasteiger partial charge on any atom is 0.268 e. The number of carbonyl (C=O) groups is 1. The van der Waals surface area contributed by atoms with E-state index in [4.69, 9.17) is 10.5 Å². The van der Waals surface area contributed by atoms with Gasteiger partial charge in [0.05, 0.1) is 5.69 Å². The number of ether oxygens (including phenoxy) is 1. The fraction of sp³-hybridized carbons (Fsp3) is 0.611. The van der Waals surface area contributed by atoms with Crippen LogP contribution in [-0.4, -0.2) is 18.6 Å². The molecule has 2 atom stereocenters. The van der Waals surface area contributed by atoms with Gasteiger partial charge in [0.1, 0.15) is 5.75 Å². The fourth-order valence-electron chi connectivity index (χ4n) is 3.08. The molecule has 1 aromatic carbocycles. The zero-order valence-corrected chi connectivity index (χ0v) is 13.5. The number of carbonyl (C=O) groups excluding carboxylic acids is 1. The Bertz CT molecular complexity index is 554. The van der Waals surface area contributed by atoms with Crippen molar-refractivity contribution >= 4 is 11.6 Å². The minimum atomic E-state index is -0.354. The second-order valence-corrected chi connectivity index (χ2v) is 6.45. The lowest BCUT2D eigenvalue weighted by atomic mass is 10.0. The molecule has 1 aliphatic heterocycles. The van der Waals surface area contributed by atoms with Gasteiger partial charge >= 0.3 is 0 Å². The van der Waals surface area contributed by atoms with Gasteiger partial charge in [-0.05, 0) is 49.3 Å². The number of hydrogen-bond acceptors (Lipinski definition) is 3. The number of nitrogens with zero attached hydrogens (tertiary/aromatic N) is 1. The normalized spacial score (nSPS) is 22.2. The van der Waals surface area contributed by atoms with E-state index >= 15 is 0 Å². The third-order valence-electron chi connectivity index (χ3n) is 4.71. The Morgan fingerprint density at radius 2 is 2.14 bits per heavy atom. The van der Waals surface area contributed by atoms with Crippen molar-refractivity contribution in [2.24, 2.45) is 11.7 Å². The first-order chi connectivity index (χ1) is 10.7. The lowest BCUT2D eigenvalue weighted by Gasteiger charge is -2.34. The van der Waals surface area contributed by atoms with E-state index in [9.17, 15) is 4.79 Å². The monoisotopic (exact) mass is 302 g/mol. The summed E-state index contributed by atoms with van der Waals surface area (Å²) in [5, 5.41) is 0. The average Bonchev–Trinajstić information content (AvgIpc) is 3.37. The van der Waals surface area contributed by atoms with Crippen LogP contribution in [0.25, 0.3) is 0 Å². The molecule has 3 rings (SSSR count). The molecule has 1 aromatic rings. The van der Waals surface area contributed by atoms with E-state index < -0.39 is 0 Å². The number of anilines is 1. The molecule has 2 aliphatic rings. The molecule has 2 unspecified atom stereocenters. The molecule has 0 spiro atoms. The molecule has 4 heteroatoms. The van der Waals surface area contributed by atoms with Crippen molar-refractivity contribution < 1.29 is 9.53 Å². The number of amides is 1. The minimum absolute atomic E-state index is 0.0809. The molecule has 1 fully saturated rings. The highest BCUT2D eigenvalue weighted by molar-refractivity contribution is 6.00. The first kappa shape index (κ1) is 15.3. The van der Waals surface area contributed by atoms with E-state index in [1.54, 1.807) is 0 Å². The van der Waals surface area contributed by atoms with Gasteiger partial charge in [0.25, 0.3) is 5.91 Å². The number of fused-ring (bicyclic) bond motifs is 1. The van der Waals surface area contributed by atoms with Gasteiger partial charge in [-0.15, -0.1) is 0 Å². The van der Waals surface area contributed by atoms with Crippen molar-refractivity contribution in [3.8, 4) is 5.75 Å². The highest BCUT2D eigenvalue weighted by atomic mass is 16.5. The first-order valence-electron chi connectivity index (χ1n) is 8.53. The minimum Gasteiger partial charge on any atom is -0.478 e. The maximum absolute atomic E-state index is 12.6. The molecule has 0 bridgehead atoms. The van der Waals surface area contributed by atoms with E-state index in [0.717, 1.165) is 36.4 Å². The molecule has 120 valence electrons. The maximum atomic E-state index is 12.6. The molecule has 1 aliphatic carbocycles. The average molecular weight is 302 g/mol. The summed E-state index contributed by atoms with van der Waals surface area (Å²) in [6.07, 6.45) is 4.84. The van der Waals surface area contributed by atoms with Gasteiger partial charge in [0.2, 0.25) is 0 Å². The van der Waals surface area contributed by atoms with E-state index in [1.165, 1.54) is 12.8 Å². The molecular weight excluding hydrogens is 276 g/mol. The quantitative estimate of drug-likeness (QED) is 0.876. The Hall–Kier alpha value is -1.55. The Morgan fingerprint density at radius 1 is 1.36 bits per heavy atom. The largest absolute Gasteiger partial charge is 0.478 e. The molecule has 1 saturated carbocycles. The van der Waals surface area contributed by atoms with Gasteiger partial charge in [-0.25, -0.2) is 0 Å². The lowest BCUT2D eigenvalue weighted by Crippen LogP contribution is -2.46. The zero-order chi connectivity index (χ0) is 15.7. The summed E-state index contributed by atoms with van der Waals surface area (Å²) in [5.41, 5.74) is 8.34. The van der Waals surface area contributed by atoms with Gasteiger partial charge < -0.3 is 15.4 Å². The summed E-state index contributed by atoms with van der Waals surface area (Å²) in [7, 11) is 0. The van der Waals surface area contributed by atoms with Gasteiger partial charge in [-0.3, -0.25) is 4.79 Å². The number of benzene rings is 1. The van der Waals surface area contributed by atoms with Gasteiger partial charge in [0.15, 0.2) is 6.10 Å². The highest BCUT2D eigenvalue weighted by Crippen LogP contribution is 2.42. The third kappa shape index (κ3) is 2.84. The van der Waals surface area contributed by atoms with Crippen LogP contribution in [-0.2, 0) is 4.79 Å². The number of unbranched alkanes of at least 4 members (excludes halogenated alkanes) is 1. The van der Waals surface area contributed by atoms with Crippen molar-refractivity contribution in [2.75, 3.05) is 11.4 Å². The van der Waals surface area contributed by atoms with Crippen LogP contribution in [0.15, 0.2) is 18.2 Å². The van der Waals surface area contributed by atoms with Gasteiger partial charge in [-0.1, -0.05) is 26.3 Å². The first-order valence-corrected chi connectivity index (χ1v) is 8.53. The number of nitrogens with two attached hydrogens (primary N) is 1. The standard InChI is InChI=1S/C18H26N2O2/c1-3-5-10-20-14-11-13(17(19)12-6-7-12)8-9-16(14)22-15(4-2)18(20)21/h8-9,11-12,15,17H,3-7,10,19H2,1-2H3. The van der Waals surface area contributed by atoms with Crippen molar-refractivity contribution in [1.82, 2.24) is 0 Å². The van der Waals surface area contributed by atoms with Crippen LogP contribution in [0, 0.1) is 5.92 Å². The van der Waals surface area contributed by atoms with Gasteiger partial charge in [-0.2, -0.15) is 0 Å². The molecule has 4 nitrogen and oxygen atoms in total. The van der Waals surface area contributed by atoms with Crippen molar-refractivity contribution in [3.63, 3.8) is 0 Å². The fourth-order valence-corrected chi connectivity index (χ4v) is 3.08. The second kappa shape index (κ2) is 6.29. The molecule has 0 radical (unpaired) electrons. The van der Waals surface area contributed by atoms with Crippen LogP contribution >= 0.6 is 0 Å².